The molecule has 2 N–H and O–H groups in total. The van der Waals surface area contributed by atoms with Gasteiger partial charge in [0, 0.05) is 13.0 Å². The second kappa shape index (κ2) is 10.3. The standard InChI is InChI=1S/C12H21NO6/c1-4-7-19-12(16)13-10(17-5-2)8-9(14)11(15)18-6-3/h4,9-10,14H,1,5-8H2,2-3H3,(H,13,16)/t9-,10?/m0/s1. The minimum absolute atomic E-state index is 0.0606. The Balaban J connectivity index is 4.27. The van der Waals surface area contributed by atoms with E-state index in [0.29, 0.717) is 6.61 Å². The molecule has 1 unspecified atom stereocenters. The normalized spacial score (nSPS) is 13.2. The predicted octanol–water partition coefficient (Wildman–Crippen LogP) is 0.575. The van der Waals surface area contributed by atoms with Crippen LogP contribution in [0.4, 0.5) is 4.79 Å². The maximum absolute atomic E-state index is 11.3. The van der Waals surface area contributed by atoms with Gasteiger partial charge >= 0.3 is 12.1 Å². The molecule has 0 rings (SSSR count). The molecular weight excluding hydrogens is 254 g/mol. The summed E-state index contributed by atoms with van der Waals surface area (Å²) in [5.74, 6) is -0.756. The van der Waals surface area contributed by atoms with Gasteiger partial charge in [-0.05, 0) is 13.8 Å². The number of nitrogens with one attached hydrogen (secondary N) is 1. The van der Waals surface area contributed by atoms with Gasteiger partial charge in [-0.15, -0.1) is 0 Å². The van der Waals surface area contributed by atoms with Gasteiger partial charge in [-0.1, -0.05) is 12.7 Å². The summed E-state index contributed by atoms with van der Waals surface area (Å²) in [6.45, 7) is 7.30. The van der Waals surface area contributed by atoms with E-state index >= 15 is 0 Å². The van der Waals surface area contributed by atoms with Crippen LogP contribution in [0.2, 0.25) is 0 Å². The number of carbonyl (C=O) groups excluding carboxylic acids is 2. The van der Waals surface area contributed by atoms with E-state index in [-0.39, 0.29) is 19.6 Å². The Kier molecular flexibility index (Phi) is 9.46. The summed E-state index contributed by atoms with van der Waals surface area (Å²) in [6, 6.07) is 0. The number of hydrogen-bond donors (Lipinski definition) is 2. The van der Waals surface area contributed by atoms with Crippen molar-refractivity contribution >= 4 is 12.1 Å². The van der Waals surface area contributed by atoms with Crippen molar-refractivity contribution in [3.63, 3.8) is 0 Å². The molecular formula is C12H21NO6. The van der Waals surface area contributed by atoms with Gasteiger partial charge in [0.2, 0.25) is 0 Å². The lowest BCUT2D eigenvalue weighted by atomic mass is 10.2. The van der Waals surface area contributed by atoms with Crippen LogP contribution >= 0.6 is 0 Å². The van der Waals surface area contributed by atoms with Crippen LogP contribution in [0.25, 0.3) is 0 Å². The lowest BCUT2D eigenvalue weighted by molar-refractivity contribution is -0.155. The third kappa shape index (κ3) is 8.17. The molecule has 0 aliphatic carbocycles. The maximum atomic E-state index is 11.3. The fourth-order valence-electron chi connectivity index (χ4n) is 1.21. The molecule has 1 amide bonds. The molecule has 0 spiro atoms. The highest BCUT2D eigenvalue weighted by Gasteiger charge is 2.23. The molecule has 0 bridgehead atoms. The van der Waals surface area contributed by atoms with E-state index in [9.17, 15) is 14.7 Å². The van der Waals surface area contributed by atoms with Crippen LogP contribution in [0.1, 0.15) is 20.3 Å². The zero-order valence-corrected chi connectivity index (χ0v) is 11.3. The molecule has 0 heterocycles. The SMILES string of the molecule is C=CCOC(=O)NC(C[C@H](O)C(=O)OCC)OCC. The summed E-state index contributed by atoms with van der Waals surface area (Å²) in [4.78, 5) is 22.6. The van der Waals surface area contributed by atoms with Crippen LogP contribution in [0.5, 0.6) is 0 Å². The summed E-state index contributed by atoms with van der Waals surface area (Å²) in [6.07, 6.45) is -1.61. The first kappa shape index (κ1) is 17.4. The lowest BCUT2D eigenvalue weighted by Crippen LogP contribution is -2.41. The first-order valence-electron chi connectivity index (χ1n) is 6.05. The summed E-state index contributed by atoms with van der Waals surface area (Å²) in [5, 5.41) is 12.0. The molecule has 0 fully saturated rings. The largest absolute Gasteiger partial charge is 0.464 e. The van der Waals surface area contributed by atoms with Gasteiger partial charge in [-0.3, -0.25) is 5.32 Å². The van der Waals surface area contributed by atoms with Crippen molar-refractivity contribution < 1.29 is 28.9 Å². The zero-order chi connectivity index (χ0) is 14.7. The molecule has 0 aliphatic heterocycles. The fourth-order valence-corrected chi connectivity index (χ4v) is 1.21. The van der Waals surface area contributed by atoms with Crippen molar-refractivity contribution in [1.82, 2.24) is 5.32 Å². The number of amides is 1. The Morgan fingerprint density at radius 1 is 1.32 bits per heavy atom. The third-order valence-corrected chi connectivity index (χ3v) is 1.97. The van der Waals surface area contributed by atoms with E-state index < -0.39 is 24.4 Å². The molecule has 7 nitrogen and oxygen atoms in total. The molecule has 0 radical (unpaired) electrons. The molecule has 0 aromatic carbocycles. The Morgan fingerprint density at radius 2 is 2.00 bits per heavy atom. The molecule has 0 saturated carbocycles. The minimum atomic E-state index is -1.36. The fraction of sp³-hybridized carbons (Fsp3) is 0.667. The van der Waals surface area contributed by atoms with Crippen LogP contribution in [-0.2, 0) is 19.0 Å². The molecule has 2 atom stereocenters. The average molecular weight is 275 g/mol. The summed E-state index contributed by atoms with van der Waals surface area (Å²) in [5.41, 5.74) is 0. The van der Waals surface area contributed by atoms with E-state index in [0.717, 1.165) is 0 Å². The van der Waals surface area contributed by atoms with Crippen LogP contribution in [-0.4, -0.2) is 49.3 Å². The minimum Gasteiger partial charge on any atom is -0.464 e. The quantitative estimate of drug-likeness (QED) is 0.363. The Morgan fingerprint density at radius 3 is 2.53 bits per heavy atom. The Hall–Kier alpha value is -1.60. The van der Waals surface area contributed by atoms with Crippen LogP contribution in [0.15, 0.2) is 12.7 Å². The predicted molar refractivity (Wildman–Crippen MR) is 67.4 cm³/mol. The van der Waals surface area contributed by atoms with Gasteiger partial charge in [0.15, 0.2) is 6.10 Å². The van der Waals surface area contributed by atoms with Crippen molar-refractivity contribution in [3.8, 4) is 0 Å². The van der Waals surface area contributed by atoms with E-state index in [1.54, 1.807) is 13.8 Å². The molecule has 0 aliphatic rings. The molecule has 19 heavy (non-hydrogen) atoms. The van der Waals surface area contributed by atoms with Crippen molar-refractivity contribution in [2.45, 2.75) is 32.6 Å². The zero-order valence-electron chi connectivity index (χ0n) is 11.3. The lowest BCUT2D eigenvalue weighted by Gasteiger charge is -2.20. The number of rotatable bonds is 9. The van der Waals surface area contributed by atoms with E-state index in [1.165, 1.54) is 6.08 Å². The highest BCUT2D eigenvalue weighted by Crippen LogP contribution is 2.03. The third-order valence-electron chi connectivity index (χ3n) is 1.97. The molecule has 7 heteroatoms. The second-order valence-corrected chi connectivity index (χ2v) is 3.48. The monoisotopic (exact) mass is 275 g/mol. The van der Waals surface area contributed by atoms with Gasteiger partial charge in [-0.25, -0.2) is 9.59 Å². The Bertz CT molecular complexity index is 294. The number of aliphatic hydroxyl groups is 1. The summed E-state index contributed by atoms with van der Waals surface area (Å²) in [7, 11) is 0. The maximum Gasteiger partial charge on any atom is 0.409 e. The Labute approximate surface area is 112 Å². The van der Waals surface area contributed by atoms with Crippen molar-refractivity contribution in [3.05, 3.63) is 12.7 Å². The average Bonchev–Trinajstić information content (AvgIpc) is 2.36. The van der Waals surface area contributed by atoms with E-state index in [2.05, 4.69) is 16.6 Å². The first-order chi connectivity index (χ1) is 9.04. The molecule has 0 aromatic rings. The van der Waals surface area contributed by atoms with Crippen LogP contribution < -0.4 is 5.32 Å². The van der Waals surface area contributed by atoms with Crippen LogP contribution in [0, 0.1) is 0 Å². The highest BCUT2D eigenvalue weighted by atomic mass is 16.6. The number of ether oxygens (including phenoxy) is 3. The highest BCUT2D eigenvalue weighted by molar-refractivity contribution is 5.74. The van der Waals surface area contributed by atoms with Gasteiger partial charge < -0.3 is 19.3 Å². The van der Waals surface area contributed by atoms with Gasteiger partial charge in [0.25, 0.3) is 0 Å². The summed E-state index contributed by atoms with van der Waals surface area (Å²) < 4.78 is 14.5. The van der Waals surface area contributed by atoms with Gasteiger partial charge in [-0.2, -0.15) is 0 Å². The van der Waals surface area contributed by atoms with Crippen LogP contribution in [0.3, 0.4) is 0 Å². The van der Waals surface area contributed by atoms with E-state index in [1.807, 2.05) is 0 Å². The second-order valence-electron chi connectivity index (χ2n) is 3.48. The number of hydrogen-bond acceptors (Lipinski definition) is 6. The van der Waals surface area contributed by atoms with Crippen molar-refractivity contribution in [1.29, 1.82) is 0 Å². The topological polar surface area (TPSA) is 94.1 Å². The first-order valence-corrected chi connectivity index (χ1v) is 6.05. The van der Waals surface area contributed by atoms with Gasteiger partial charge in [0.1, 0.15) is 12.8 Å². The molecule has 0 aromatic heterocycles. The smallest absolute Gasteiger partial charge is 0.409 e. The van der Waals surface area contributed by atoms with Crippen molar-refractivity contribution in [2.24, 2.45) is 0 Å². The van der Waals surface area contributed by atoms with Crippen molar-refractivity contribution in [2.75, 3.05) is 19.8 Å². The molecule has 110 valence electrons. The number of alkyl carbamates (subject to hydrolysis) is 1. The number of aliphatic hydroxyl groups excluding tert-OH is 1. The van der Waals surface area contributed by atoms with Gasteiger partial charge in [0.05, 0.1) is 6.61 Å². The summed E-state index contributed by atoms with van der Waals surface area (Å²) >= 11 is 0. The van der Waals surface area contributed by atoms with E-state index in [4.69, 9.17) is 9.47 Å². The number of carbonyl (C=O) groups is 2. The number of esters is 1. The molecule has 0 saturated heterocycles.